The van der Waals surface area contributed by atoms with Crippen LogP contribution in [0.25, 0.3) is 0 Å². The molecule has 0 aromatic carbocycles. The molecule has 20 heavy (non-hydrogen) atoms. The second kappa shape index (κ2) is 5.58. The third-order valence-electron chi connectivity index (χ3n) is 5.01. The van der Waals surface area contributed by atoms with Crippen molar-refractivity contribution in [1.29, 1.82) is 0 Å². The van der Waals surface area contributed by atoms with Gasteiger partial charge in [0.05, 0.1) is 0 Å². The number of hydrogen-bond donors (Lipinski definition) is 1. The Bertz CT molecular complexity index is 403. The van der Waals surface area contributed by atoms with Crippen molar-refractivity contribution in [1.82, 2.24) is 10.2 Å². The number of carbonyl (C=O) groups is 2. The summed E-state index contributed by atoms with van der Waals surface area (Å²) >= 11 is 1.80. The Morgan fingerprint density at radius 1 is 1.30 bits per heavy atom. The summed E-state index contributed by atoms with van der Waals surface area (Å²) in [5.41, 5.74) is -0.513. The van der Waals surface area contributed by atoms with Gasteiger partial charge >= 0.3 is 0 Å². The molecule has 5 heteroatoms. The van der Waals surface area contributed by atoms with Gasteiger partial charge in [-0.2, -0.15) is 11.8 Å². The van der Waals surface area contributed by atoms with Crippen molar-refractivity contribution in [2.24, 2.45) is 5.92 Å². The van der Waals surface area contributed by atoms with Gasteiger partial charge in [0.15, 0.2) is 0 Å². The molecule has 0 radical (unpaired) electrons. The molecule has 1 N–H and O–H groups in total. The van der Waals surface area contributed by atoms with Crippen molar-refractivity contribution >= 4 is 23.6 Å². The zero-order valence-corrected chi connectivity index (χ0v) is 13.0. The average molecular weight is 296 g/mol. The van der Waals surface area contributed by atoms with Gasteiger partial charge < -0.3 is 10.2 Å². The van der Waals surface area contributed by atoms with Crippen LogP contribution < -0.4 is 5.32 Å². The fourth-order valence-electron chi connectivity index (χ4n) is 3.74. The molecule has 1 aliphatic heterocycles. The van der Waals surface area contributed by atoms with Crippen molar-refractivity contribution in [3.8, 4) is 0 Å². The number of nitrogens with one attached hydrogen (secondary N) is 1. The number of hydrogen-bond acceptors (Lipinski definition) is 3. The molecule has 0 bridgehead atoms. The van der Waals surface area contributed by atoms with Gasteiger partial charge in [-0.25, -0.2) is 0 Å². The Labute approximate surface area is 125 Å². The fraction of sp³-hybridized carbons (Fsp3) is 0.867. The smallest absolute Gasteiger partial charge is 0.246 e. The zero-order valence-electron chi connectivity index (χ0n) is 12.2. The van der Waals surface area contributed by atoms with E-state index in [1.807, 2.05) is 4.90 Å². The molecule has 1 heterocycles. The van der Waals surface area contributed by atoms with E-state index in [0.29, 0.717) is 5.92 Å². The summed E-state index contributed by atoms with van der Waals surface area (Å²) < 4.78 is 0. The molecular formula is C15H24N2O2S. The maximum Gasteiger partial charge on any atom is 0.246 e. The van der Waals surface area contributed by atoms with Crippen LogP contribution in [-0.2, 0) is 9.59 Å². The van der Waals surface area contributed by atoms with Gasteiger partial charge in [0.2, 0.25) is 11.8 Å². The molecule has 2 amide bonds. The standard InChI is InChI=1S/C15H24N2O2S/c1-20-10-4-9-17-13(18)12(11-5-6-11)16-14(19)15(17)7-2-3-8-15/h11-12H,2-10H2,1H3,(H,16,19). The minimum absolute atomic E-state index is 0.121. The van der Waals surface area contributed by atoms with Crippen LogP contribution in [0.15, 0.2) is 0 Å². The van der Waals surface area contributed by atoms with Crippen molar-refractivity contribution < 1.29 is 9.59 Å². The highest BCUT2D eigenvalue weighted by Crippen LogP contribution is 2.42. The third-order valence-corrected chi connectivity index (χ3v) is 5.71. The molecule has 3 fully saturated rings. The van der Waals surface area contributed by atoms with Crippen LogP contribution in [0.4, 0.5) is 0 Å². The van der Waals surface area contributed by atoms with Crippen LogP contribution in [0.1, 0.15) is 44.9 Å². The monoisotopic (exact) mass is 296 g/mol. The molecule has 3 rings (SSSR count). The topological polar surface area (TPSA) is 49.4 Å². The molecule has 1 spiro atoms. The normalized spacial score (nSPS) is 29.1. The lowest BCUT2D eigenvalue weighted by Crippen LogP contribution is -2.70. The van der Waals surface area contributed by atoms with Crippen LogP contribution in [-0.4, -0.2) is 46.8 Å². The van der Waals surface area contributed by atoms with Crippen LogP contribution >= 0.6 is 11.8 Å². The summed E-state index contributed by atoms with van der Waals surface area (Å²) in [6.07, 6.45) is 9.07. The summed E-state index contributed by atoms with van der Waals surface area (Å²) in [7, 11) is 0. The van der Waals surface area contributed by atoms with E-state index in [1.54, 1.807) is 11.8 Å². The van der Waals surface area contributed by atoms with Gasteiger partial charge in [-0.1, -0.05) is 12.8 Å². The van der Waals surface area contributed by atoms with Gasteiger partial charge in [-0.05, 0) is 50.0 Å². The molecule has 0 aromatic rings. The minimum Gasteiger partial charge on any atom is -0.342 e. The molecular weight excluding hydrogens is 272 g/mol. The molecule has 1 unspecified atom stereocenters. The van der Waals surface area contributed by atoms with E-state index in [2.05, 4.69) is 11.6 Å². The Morgan fingerprint density at radius 2 is 2.00 bits per heavy atom. The second-order valence-corrected chi connectivity index (χ2v) is 7.35. The first kappa shape index (κ1) is 14.2. The molecule has 112 valence electrons. The van der Waals surface area contributed by atoms with E-state index < -0.39 is 5.54 Å². The lowest BCUT2D eigenvalue weighted by atomic mass is 9.88. The maximum atomic E-state index is 12.8. The molecule has 2 saturated carbocycles. The highest BCUT2D eigenvalue weighted by Gasteiger charge is 2.55. The molecule has 3 aliphatic rings. The van der Waals surface area contributed by atoms with E-state index in [9.17, 15) is 9.59 Å². The Hall–Kier alpha value is -0.710. The van der Waals surface area contributed by atoms with E-state index in [-0.39, 0.29) is 17.9 Å². The predicted molar refractivity (Wildman–Crippen MR) is 80.6 cm³/mol. The van der Waals surface area contributed by atoms with Crippen LogP contribution in [0, 0.1) is 5.92 Å². The van der Waals surface area contributed by atoms with E-state index >= 15 is 0 Å². The minimum atomic E-state index is -0.513. The number of piperazine rings is 1. The summed E-state index contributed by atoms with van der Waals surface area (Å²) in [5.74, 6) is 1.76. The first-order chi connectivity index (χ1) is 9.69. The van der Waals surface area contributed by atoms with Crippen molar-refractivity contribution in [3.05, 3.63) is 0 Å². The lowest BCUT2D eigenvalue weighted by molar-refractivity contribution is -0.158. The van der Waals surface area contributed by atoms with Crippen molar-refractivity contribution in [3.63, 3.8) is 0 Å². The third kappa shape index (κ3) is 2.34. The molecule has 1 saturated heterocycles. The summed E-state index contributed by atoms with van der Waals surface area (Å²) in [4.78, 5) is 27.4. The Kier molecular flexibility index (Phi) is 3.98. The molecule has 2 aliphatic carbocycles. The quantitative estimate of drug-likeness (QED) is 0.787. The zero-order chi connectivity index (χ0) is 14.2. The van der Waals surface area contributed by atoms with Crippen molar-refractivity contribution in [2.75, 3.05) is 18.6 Å². The Morgan fingerprint density at radius 3 is 2.60 bits per heavy atom. The van der Waals surface area contributed by atoms with Gasteiger partial charge in [-0.15, -0.1) is 0 Å². The number of rotatable bonds is 5. The van der Waals surface area contributed by atoms with Gasteiger partial charge in [0, 0.05) is 6.54 Å². The Balaban J connectivity index is 1.80. The first-order valence-corrected chi connectivity index (χ1v) is 9.20. The highest BCUT2D eigenvalue weighted by atomic mass is 32.2. The molecule has 1 atom stereocenters. The fourth-order valence-corrected chi connectivity index (χ4v) is 4.15. The maximum absolute atomic E-state index is 12.8. The van der Waals surface area contributed by atoms with Gasteiger partial charge in [0.25, 0.3) is 0 Å². The van der Waals surface area contributed by atoms with E-state index in [0.717, 1.165) is 57.2 Å². The van der Waals surface area contributed by atoms with Crippen LogP contribution in [0.5, 0.6) is 0 Å². The molecule has 0 aromatic heterocycles. The average Bonchev–Trinajstić information content (AvgIpc) is 3.16. The van der Waals surface area contributed by atoms with Crippen molar-refractivity contribution in [2.45, 2.75) is 56.5 Å². The van der Waals surface area contributed by atoms with E-state index in [4.69, 9.17) is 0 Å². The predicted octanol–water partition coefficient (Wildman–Crippen LogP) is 1.79. The second-order valence-electron chi connectivity index (χ2n) is 6.36. The summed E-state index contributed by atoms with van der Waals surface area (Å²) in [6.45, 7) is 0.746. The number of carbonyl (C=O) groups excluding carboxylic acids is 2. The van der Waals surface area contributed by atoms with Crippen LogP contribution in [0.3, 0.4) is 0 Å². The number of nitrogens with zero attached hydrogens (tertiary/aromatic N) is 1. The lowest BCUT2D eigenvalue weighted by Gasteiger charge is -2.46. The number of amides is 2. The number of thioether (sulfide) groups is 1. The summed E-state index contributed by atoms with van der Waals surface area (Å²) in [6, 6.07) is -0.233. The first-order valence-electron chi connectivity index (χ1n) is 7.80. The van der Waals surface area contributed by atoms with E-state index in [1.165, 1.54) is 0 Å². The highest BCUT2D eigenvalue weighted by molar-refractivity contribution is 7.98. The van der Waals surface area contributed by atoms with Gasteiger partial charge in [0.1, 0.15) is 11.6 Å². The van der Waals surface area contributed by atoms with Crippen LogP contribution in [0.2, 0.25) is 0 Å². The largest absolute Gasteiger partial charge is 0.342 e. The molecule has 4 nitrogen and oxygen atoms in total. The SMILES string of the molecule is CSCCCN1C(=O)C(C2CC2)NC(=O)C12CCCC2. The van der Waals surface area contributed by atoms with Gasteiger partial charge in [-0.3, -0.25) is 9.59 Å². The summed E-state index contributed by atoms with van der Waals surface area (Å²) in [5, 5.41) is 3.05.